The van der Waals surface area contributed by atoms with Gasteiger partial charge < -0.3 is 20.1 Å². The number of hydrogen-bond acceptors (Lipinski definition) is 6. The van der Waals surface area contributed by atoms with Gasteiger partial charge in [-0.15, -0.1) is 11.8 Å². The predicted octanol–water partition coefficient (Wildman–Crippen LogP) is 0.986. The van der Waals surface area contributed by atoms with E-state index in [9.17, 15) is 14.7 Å². The molecule has 0 spiro atoms. The molecule has 1 aromatic rings. The van der Waals surface area contributed by atoms with Gasteiger partial charge in [-0.1, -0.05) is 0 Å². The van der Waals surface area contributed by atoms with E-state index in [1.807, 2.05) is 0 Å². The molecule has 0 saturated carbocycles. The van der Waals surface area contributed by atoms with E-state index < -0.39 is 24.6 Å². The fourth-order valence-electron chi connectivity index (χ4n) is 2.10. The van der Waals surface area contributed by atoms with Crippen molar-refractivity contribution in [1.29, 1.82) is 0 Å². The molecule has 7 nitrogen and oxygen atoms in total. The number of aromatic hydroxyl groups is 1. The SMILES string of the molecule is CN1C(c2ccc(OCC(=O)O)cc2O)SC[C@@H]1C(=O)O. The molecule has 1 heterocycles. The van der Waals surface area contributed by atoms with Crippen LogP contribution in [0.4, 0.5) is 0 Å². The van der Waals surface area contributed by atoms with Gasteiger partial charge in [0.1, 0.15) is 17.5 Å². The molecular formula is C13H15NO6S. The fraction of sp³-hybridized carbons (Fsp3) is 0.385. The number of carboxylic acids is 2. The molecule has 3 N–H and O–H groups in total. The number of nitrogens with zero attached hydrogens (tertiary/aromatic N) is 1. The monoisotopic (exact) mass is 313 g/mol. The first-order chi connectivity index (χ1) is 9.90. The lowest BCUT2D eigenvalue weighted by Crippen LogP contribution is -2.35. The molecule has 114 valence electrons. The van der Waals surface area contributed by atoms with Gasteiger partial charge in [-0.05, 0) is 19.2 Å². The number of rotatable bonds is 5. The molecule has 1 aliphatic rings. The van der Waals surface area contributed by atoms with Gasteiger partial charge in [0.05, 0.1) is 5.37 Å². The number of carbonyl (C=O) groups is 2. The molecular weight excluding hydrogens is 298 g/mol. The highest BCUT2D eigenvalue weighted by Gasteiger charge is 2.37. The van der Waals surface area contributed by atoms with Gasteiger partial charge in [-0.25, -0.2) is 4.79 Å². The molecule has 0 amide bonds. The smallest absolute Gasteiger partial charge is 0.341 e. The van der Waals surface area contributed by atoms with Gasteiger partial charge >= 0.3 is 11.9 Å². The number of benzene rings is 1. The second kappa shape index (κ2) is 6.23. The van der Waals surface area contributed by atoms with E-state index in [1.165, 1.54) is 17.8 Å². The topological polar surface area (TPSA) is 107 Å². The van der Waals surface area contributed by atoms with Crippen molar-refractivity contribution in [2.75, 3.05) is 19.4 Å². The van der Waals surface area contributed by atoms with Crippen molar-refractivity contribution in [2.45, 2.75) is 11.4 Å². The lowest BCUT2D eigenvalue weighted by molar-refractivity contribution is -0.142. The van der Waals surface area contributed by atoms with Gasteiger partial charge in [-0.2, -0.15) is 0 Å². The Morgan fingerprint density at radius 1 is 1.43 bits per heavy atom. The number of hydrogen-bond donors (Lipinski definition) is 3. The van der Waals surface area contributed by atoms with Crippen LogP contribution in [0.5, 0.6) is 11.5 Å². The molecule has 0 radical (unpaired) electrons. The number of aliphatic carboxylic acids is 2. The number of phenols is 1. The third-order valence-corrected chi connectivity index (χ3v) is 4.60. The van der Waals surface area contributed by atoms with Gasteiger partial charge in [0.25, 0.3) is 0 Å². The van der Waals surface area contributed by atoms with Crippen LogP contribution in [0.2, 0.25) is 0 Å². The molecule has 1 fully saturated rings. The molecule has 2 atom stereocenters. The molecule has 1 unspecified atom stereocenters. The summed E-state index contributed by atoms with van der Waals surface area (Å²) in [6, 6.07) is 3.91. The van der Waals surface area contributed by atoms with E-state index in [0.29, 0.717) is 11.3 Å². The van der Waals surface area contributed by atoms with Gasteiger partial charge in [0, 0.05) is 17.4 Å². The first-order valence-electron chi connectivity index (χ1n) is 6.14. The summed E-state index contributed by atoms with van der Waals surface area (Å²) in [6.45, 7) is -0.488. The number of ether oxygens (including phenoxy) is 1. The van der Waals surface area contributed by atoms with Crippen molar-refractivity contribution in [1.82, 2.24) is 4.90 Å². The normalized spacial score (nSPS) is 22.1. The average Bonchev–Trinajstić information content (AvgIpc) is 2.78. The van der Waals surface area contributed by atoms with Gasteiger partial charge in [0.2, 0.25) is 0 Å². The van der Waals surface area contributed by atoms with Crippen LogP contribution >= 0.6 is 11.8 Å². The molecule has 0 bridgehead atoms. The zero-order valence-electron chi connectivity index (χ0n) is 11.2. The van der Waals surface area contributed by atoms with Crippen LogP contribution in [0.25, 0.3) is 0 Å². The molecule has 21 heavy (non-hydrogen) atoms. The molecule has 0 aromatic heterocycles. The zero-order chi connectivity index (χ0) is 15.6. The maximum absolute atomic E-state index is 11.1. The summed E-state index contributed by atoms with van der Waals surface area (Å²) in [6.07, 6.45) is 0. The van der Waals surface area contributed by atoms with E-state index in [0.717, 1.165) is 0 Å². The summed E-state index contributed by atoms with van der Waals surface area (Å²) in [5.41, 5.74) is 0.578. The Balaban J connectivity index is 2.14. The molecule has 1 aromatic carbocycles. The van der Waals surface area contributed by atoms with Crippen molar-refractivity contribution in [3.63, 3.8) is 0 Å². The Labute approximate surface area is 125 Å². The minimum absolute atomic E-state index is 0.0479. The fourth-order valence-corrected chi connectivity index (χ4v) is 3.61. The lowest BCUT2D eigenvalue weighted by atomic mass is 10.1. The van der Waals surface area contributed by atoms with Gasteiger partial charge in [-0.3, -0.25) is 9.69 Å². The number of phenolic OH excluding ortho intramolecular Hbond substituents is 1. The van der Waals surface area contributed by atoms with Gasteiger partial charge in [0.15, 0.2) is 6.61 Å². The Hall–Kier alpha value is -1.93. The summed E-state index contributed by atoms with van der Waals surface area (Å²) < 4.78 is 4.98. The Kier molecular flexibility index (Phi) is 4.59. The molecule has 1 aliphatic heterocycles. The highest BCUT2D eigenvalue weighted by molar-refractivity contribution is 7.99. The summed E-state index contributed by atoms with van der Waals surface area (Å²) in [5, 5.41) is 27.4. The van der Waals surface area contributed by atoms with Crippen LogP contribution in [0.3, 0.4) is 0 Å². The first kappa shape index (κ1) is 15.5. The maximum atomic E-state index is 11.1. The van der Waals surface area contributed by atoms with E-state index >= 15 is 0 Å². The van der Waals surface area contributed by atoms with Crippen LogP contribution < -0.4 is 4.74 Å². The Morgan fingerprint density at radius 2 is 2.14 bits per heavy atom. The second-order valence-corrected chi connectivity index (χ2v) is 5.72. The lowest BCUT2D eigenvalue weighted by Gasteiger charge is -2.23. The van der Waals surface area contributed by atoms with Crippen molar-refractivity contribution >= 4 is 23.7 Å². The quantitative estimate of drug-likeness (QED) is 0.738. The molecule has 0 aliphatic carbocycles. The number of thioether (sulfide) groups is 1. The van der Waals surface area contributed by atoms with E-state index in [2.05, 4.69) is 0 Å². The van der Waals surface area contributed by atoms with E-state index in [-0.39, 0.29) is 16.9 Å². The van der Waals surface area contributed by atoms with Crippen molar-refractivity contribution in [3.8, 4) is 11.5 Å². The van der Waals surface area contributed by atoms with Crippen molar-refractivity contribution < 1.29 is 29.6 Å². The van der Waals surface area contributed by atoms with Crippen LogP contribution in [0.15, 0.2) is 18.2 Å². The van der Waals surface area contributed by atoms with Crippen molar-refractivity contribution in [2.24, 2.45) is 0 Å². The number of likely N-dealkylation sites (N-methyl/N-ethyl adjacent to an activating group) is 1. The zero-order valence-corrected chi connectivity index (χ0v) is 12.0. The minimum atomic E-state index is -1.10. The summed E-state index contributed by atoms with van der Waals surface area (Å²) >= 11 is 1.43. The third kappa shape index (κ3) is 3.40. The Bertz CT molecular complexity index is 564. The second-order valence-electron chi connectivity index (χ2n) is 4.61. The van der Waals surface area contributed by atoms with Crippen LogP contribution in [0.1, 0.15) is 10.9 Å². The van der Waals surface area contributed by atoms with Crippen molar-refractivity contribution in [3.05, 3.63) is 23.8 Å². The summed E-state index contributed by atoms with van der Waals surface area (Å²) in [7, 11) is 1.69. The molecule has 1 saturated heterocycles. The summed E-state index contributed by atoms with van der Waals surface area (Å²) in [4.78, 5) is 23.2. The predicted molar refractivity (Wildman–Crippen MR) is 75.6 cm³/mol. The number of carboxylic acid groups (broad SMARTS) is 2. The standard InChI is InChI=1S/C13H15NO6S/c1-14-9(13(18)19)6-21-12(14)8-3-2-7(4-10(8)15)20-5-11(16)17/h2-4,9,12,15H,5-6H2,1H3,(H,16,17)(H,18,19)/t9-,12?/m1/s1. The van der Waals surface area contributed by atoms with E-state index in [4.69, 9.17) is 14.9 Å². The largest absolute Gasteiger partial charge is 0.507 e. The van der Waals surface area contributed by atoms with Crippen LogP contribution in [-0.2, 0) is 9.59 Å². The van der Waals surface area contributed by atoms with Crippen LogP contribution in [-0.4, -0.2) is 57.6 Å². The highest BCUT2D eigenvalue weighted by Crippen LogP contribution is 2.44. The summed E-state index contributed by atoms with van der Waals surface area (Å²) in [5.74, 6) is -1.36. The molecule has 8 heteroatoms. The first-order valence-corrected chi connectivity index (χ1v) is 7.19. The Morgan fingerprint density at radius 3 is 2.67 bits per heavy atom. The minimum Gasteiger partial charge on any atom is -0.507 e. The molecule has 2 rings (SSSR count). The third-order valence-electron chi connectivity index (χ3n) is 3.19. The average molecular weight is 313 g/mol. The van der Waals surface area contributed by atoms with E-state index in [1.54, 1.807) is 24.1 Å². The maximum Gasteiger partial charge on any atom is 0.341 e. The highest BCUT2D eigenvalue weighted by atomic mass is 32.2. The van der Waals surface area contributed by atoms with Crippen LogP contribution in [0, 0.1) is 0 Å².